The highest BCUT2D eigenvalue weighted by atomic mass is 15.2. The van der Waals surface area contributed by atoms with E-state index in [0.717, 1.165) is 18.4 Å². The predicted octanol–water partition coefficient (Wildman–Crippen LogP) is 1.89. The Kier molecular flexibility index (Phi) is 2.75. The molecule has 2 aliphatic rings. The molecule has 1 aromatic heterocycles. The molecule has 2 aliphatic heterocycles. The van der Waals surface area contributed by atoms with E-state index in [1.54, 1.807) is 0 Å². The van der Waals surface area contributed by atoms with Gasteiger partial charge < -0.3 is 5.32 Å². The largest absolute Gasteiger partial charge is 0.316 e. The molecule has 2 atom stereocenters. The van der Waals surface area contributed by atoms with Crippen molar-refractivity contribution in [3.05, 3.63) is 42.1 Å². The third-order valence-electron chi connectivity index (χ3n) is 4.58. The molecule has 0 bridgehead atoms. The van der Waals surface area contributed by atoms with E-state index >= 15 is 0 Å². The molecule has 19 heavy (non-hydrogen) atoms. The molecule has 2 fully saturated rings. The van der Waals surface area contributed by atoms with Gasteiger partial charge in [-0.05, 0) is 36.6 Å². The fourth-order valence-electron chi connectivity index (χ4n) is 3.62. The van der Waals surface area contributed by atoms with Crippen LogP contribution in [0.5, 0.6) is 0 Å². The lowest BCUT2D eigenvalue weighted by atomic mass is 10.0. The first-order valence-corrected chi connectivity index (χ1v) is 7.16. The minimum Gasteiger partial charge on any atom is -0.316 e. The van der Waals surface area contributed by atoms with E-state index < -0.39 is 0 Å². The number of nitrogens with one attached hydrogen (secondary N) is 1. The molecule has 3 nitrogen and oxygen atoms in total. The highest BCUT2D eigenvalue weighted by Gasteiger charge is 2.35. The van der Waals surface area contributed by atoms with E-state index in [-0.39, 0.29) is 0 Å². The van der Waals surface area contributed by atoms with Crippen molar-refractivity contribution in [1.29, 1.82) is 0 Å². The second-order valence-electron chi connectivity index (χ2n) is 5.86. The second kappa shape index (κ2) is 4.58. The lowest BCUT2D eigenvalue weighted by molar-refractivity contribution is 0.306. The van der Waals surface area contributed by atoms with Crippen LogP contribution in [0, 0.1) is 11.8 Å². The number of likely N-dealkylation sites (tertiary alicyclic amines) is 1. The summed E-state index contributed by atoms with van der Waals surface area (Å²) in [5.41, 5.74) is 2.53. The molecule has 3 heteroatoms. The maximum atomic E-state index is 4.56. The summed E-state index contributed by atoms with van der Waals surface area (Å²) in [6.07, 6.45) is 1.90. The zero-order valence-corrected chi connectivity index (χ0v) is 11.0. The van der Waals surface area contributed by atoms with Crippen LogP contribution in [0.25, 0.3) is 10.9 Å². The van der Waals surface area contributed by atoms with Crippen molar-refractivity contribution in [1.82, 2.24) is 15.2 Å². The zero-order valence-electron chi connectivity index (χ0n) is 11.0. The number of benzene rings is 1. The first-order valence-electron chi connectivity index (χ1n) is 7.16. The molecule has 1 N–H and O–H groups in total. The molecule has 1 aromatic carbocycles. The topological polar surface area (TPSA) is 28.2 Å². The molecular formula is C16H19N3. The summed E-state index contributed by atoms with van der Waals surface area (Å²) >= 11 is 0. The average molecular weight is 253 g/mol. The SMILES string of the molecule is c1cnc2c(CN3C[C@H]4CNC[C@H]4C3)cccc2c1. The number of rotatable bonds is 2. The van der Waals surface area contributed by atoms with Gasteiger partial charge in [0.25, 0.3) is 0 Å². The lowest BCUT2D eigenvalue weighted by Crippen LogP contribution is -2.25. The van der Waals surface area contributed by atoms with E-state index in [0.29, 0.717) is 0 Å². The number of hydrogen-bond donors (Lipinski definition) is 1. The maximum absolute atomic E-state index is 4.56. The fraction of sp³-hybridized carbons (Fsp3) is 0.438. The molecule has 0 saturated carbocycles. The molecule has 2 aromatic rings. The Morgan fingerprint density at radius 3 is 2.74 bits per heavy atom. The molecule has 3 heterocycles. The lowest BCUT2D eigenvalue weighted by Gasteiger charge is -2.17. The van der Waals surface area contributed by atoms with Crippen molar-refractivity contribution in [3.8, 4) is 0 Å². The summed E-state index contributed by atoms with van der Waals surface area (Å²) in [4.78, 5) is 7.15. The summed E-state index contributed by atoms with van der Waals surface area (Å²) in [5.74, 6) is 1.73. The molecule has 0 spiro atoms. The highest BCUT2D eigenvalue weighted by Crippen LogP contribution is 2.28. The molecule has 0 aliphatic carbocycles. The van der Waals surface area contributed by atoms with Gasteiger partial charge in [0.15, 0.2) is 0 Å². The van der Waals surface area contributed by atoms with Crippen molar-refractivity contribution in [3.63, 3.8) is 0 Å². The number of hydrogen-bond acceptors (Lipinski definition) is 3. The Hall–Kier alpha value is -1.45. The van der Waals surface area contributed by atoms with Crippen LogP contribution in [0.1, 0.15) is 5.56 Å². The average Bonchev–Trinajstić information content (AvgIpc) is 3.00. The van der Waals surface area contributed by atoms with Gasteiger partial charge in [-0.2, -0.15) is 0 Å². The number of nitrogens with zero attached hydrogens (tertiary/aromatic N) is 2. The minimum absolute atomic E-state index is 0.864. The molecular weight excluding hydrogens is 234 g/mol. The van der Waals surface area contributed by atoms with Crippen molar-refractivity contribution >= 4 is 10.9 Å². The summed E-state index contributed by atoms with van der Waals surface area (Å²) in [6, 6.07) is 10.7. The smallest absolute Gasteiger partial charge is 0.0746 e. The molecule has 98 valence electrons. The highest BCUT2D eigenvalue weighted by molar-refractivity contribution is 5.81. The van der Waals surface area contributed by atoms with Gasteiger partial charge in [-0.15, -0.1) is 0 Å². The molecule has 0 unspecified atom stereocenters. The summed E-state index contributed by atoms with van der Waals surface area (Å²) in [6.45, 7) is 5.92. The number of pyridine rings is 1. The second-order valence-corrected chi connectivity index (χ2v) is 5.86. The Balaban J connectivity index is 1.59. The Morgan fingerprint density at radius 2 is 1.89 bits per heavy atom. The van der Waals surface area contributed by atoms with E-state index in [1.807, 2.05) is 12.3 Å². The number of para-hydroxylation sites is 1. The van der Waals surface area contributed by atoms with Crippen LogP contribution in [-0.4, -0.2) is 36.1 Å². The van der Waals surface area contributed by atoms with Gasteiger partial charge in [0.2, 0.25) is 0 Å². The van der Waals surface area contributed by atoms with Gasteiger partial charge in [-0.1, -0.05) is 24.3 Å². The van der Waals surface area contributed by atoms with E-state index in [2.05, 4.69) is 39.5 Å². The van der Waals surface area contributed by atoms with Crippen LogP contribution in [0.4, 0.5) is 0 Å². The van der Waals surface area contributed by atoms with Crippen LogP contribution < -0.4 is 5.32 Å². The van der Waals surface area contributed by atoms with E-state index in [9.17, 15) is 0 Å². The number of fused-ring (bicyclic) bond motifs is 2. The molecule has 4 rings (SSSR count). The van der Waals surface area contributed by atoms with Crippen molar-refractivity contribution in [2.75, 3.05) is 26.2 Å². The van der Waals surface area contributed by atoms with Crippen molar-refractivity contribution in [2.24, 2.45) is 11.8 Å². The van der Waals surface area contributed by atoms with Gasteiger partial charge >= 0.3 is 0 Å². The quantitative estimate of drug-likeness (QED) is 0.886. The van der Waals surface area contributed by atoms with Gasteiger partial charge in [0.05, 0.1) is 5.52 Å². The third-order valence-corrected chi connectivity index (χ3v) is 4.58. The van der Waals surface area contributed by atoms with Gasteiger partial charge in [0.1, 0.15) is 0 Å². The van der Waals surface area contributed by atoms with Crippen molar-refractivity contribution in [2.45, 2.75) is 6.54 Å². The molecule has 0 radical (unpaired) electrons. The Labute approximate surface area is 113 Å². The monoisotopic (exact) mass is 253 g/mol. The van der Waals surface area contributed by atoms with Gasteiger partial charge in [-0.3, -0.25) is 9.88 Å². The summed E-state index contributed by atoms with van der Waals surface area (Å²) < 4.78 is 0. The van der Waals surface area contributed by atoms with Crippen LogP contribution in [0.3, 0.4) is 0 Å². The van der Waals surface area contributed by atoms with E-state index in [1.165, 1.54) is 42.6 Å². The van der Waals surface area contributed by atoms with E-state index in [4.69, 9.17) is 0 Å². The Bertz CT molecular complexity index is 578. The van der Waals surface area contributed by atoms with Crippen LogP contribution in [-0.2, 0) is 6.54 Å². The standard InChI is InChI=1S/C16H19N3/c1-3-12-5-2-6-18-16(12)13(4-1)9-19-10-14-7-17-8-15(14)11-19/h1-6,14-15,17H,7-11H2/t14-,15+. The fourth-order valence-corrected chi connectivity index (χ4v) is 3.62. The summed E-state index contributed by atoms with van der Waals surface area (Å²) in [7, 11) is 0. The zero-order chi connectivity index (χ0) is 12.7. The molecule has 0 amide bonds. The van der Waals surface area contributed by atoms with Crippen molar-refractivity contribution < 1.29 is 0 Å². The molecule has 2 saturated heterocycles. The van der Waals surface area contributed by atoms with Crippen LogP contribution in [0.2, 0.25) is 0 Å². The summed E-state index contributed by atoms with van der Waals surface area (Å²) in [5, 5.41) is 4.75. The normalized spacial score (nSPS) is 26.9. The first-order chi connectivity index (χ1) is 9.40. The van der Waals surface area contributed by atoms with Gasteiger partial charge in [0, 0.05) is 31.2 Å². The van der Waals surface area contributed by atoms with Crippen LogP contribution >= 0.6 is 0 Å². The maximum Gasteiger partial charge on any atom is 0.0746 e. The minimum atomic E-state index is 0.864. The third kappa shape index (κ3) is 2.03. The van der Waals surface area contributed by atoms with Gasteiger partial charge in [-0.25, -0.2) is 0 Å². The predicted molar refractivity (Wildman–Crippen MR) is 76.9 cm³/mol. The Morgan fingerprint density at radius 1 is 1.11 bits per heavy atom. The van der Waals surface area contributed by atoms with Crippen LogP contribution in [0.15, 0.2) is 36.5 Å². The number of aromatic nitrogens is 1. The first kappa shape index (κ1) is 11.4.